The summed E-state index contributed by atoms with van der Waals surface area (Å²) in [6, 6.07) is 10.3. The van der Waals surface area contributed by atoms with Gasteiger partial charge in [0.05, 0.1) is 17.1 Å². The van der Waals surface area contributed by atoms with Crippen molar-refractivity contribution in [1.82, 2.24) is 0 Å². The molecule has 0 aliphatic carbocycles. The molecule has 0 radical (unpaired) electrons. The fourth-order valence-corrected chi connectivity index (χ4v) is 1.91. The Kier molecular flexibility index (Phi) is 3.33. The normalized spacial score (nSPS) is 10.3. The molecule has 0 amide bonds. The number of nitrogen functional groups attached to an aromatic ring is 1. The smallest absolute Gasteiger partial charge is 0.146 e. The summed E-state index contributed by atoms with van der Waals surface area (Å²) >= 11 is 3.33. The Morgan fingerprint density at radius 2 is 1.88 bits per heavy atom. The Morgan fingerprint density at radius 3 is 2.59 bits per heavy atom. The maximum atomic E-state index is 13.6. The van der Waals surface area contributed by atoms with Crippen molar-refractivity contribution >= 4 is 33.0 Å². The van der Waals surface area contributed by atoms with E-state index in [0.717, 1.165) is 10.0 Å². The molecule has 17 heavy (non-hydrogen) atoms. The highest BCUT2D eigenvalue weighted by Crippen LogP contribution is 2.27. The highest BCUT2D eigenvalue weighted by atomic mass is 79.9. The monoisotopic (exact) mass is 294 g/mol. The first-order chi connectivity index (χ1) is 8.06. The number of halogens is 2. The van der Waals surface area contributed by atoms with E-state index >= 15 is 0 Å². The second-order valence-electron chi connectivity index (χ2n) is 3.84. The largest absolute Gasteiger partial charge is 0.397 e. The minimum atomic E-state index is -0.294. The van der Waals surface area contributed by atoms with Crippen LogP contribution in [0.4, 0.5) is 21.5 Å². The molecule has 4 heteroatoms. The molecule has 0 bridgehead atoms. The van der Waals surface area contributed by atoms with Crippen molar-refractivity contribution in [3.8, 4) is 0 Å². The maximum Gasteiger partial charge on any atom is 0.146 e. The minimum absolute atomic E-state index is 0.294. The molecular formula is C13H12BrFN2. The molecule has 2 aromatic carbocycles. The fraction of sp³-hybridized carbons (Fsp3) is 0.0769. The SMILES string of the molecule is Cc1ccc(F)c(Nc2ccc(Br)cc2N)c1. The van der Waals surface area contributed by atoms with Gasteiger partial charge in [-0.1, -0.05) is 22.0 Å². The lowest BCUT2D eigenvalue weighted by Gasteiger charge is -2.11. The average Bonchev–Trinajstić information content (AvgIpc) is 2.27. The van der Waals surface area contributed by atoms with Gasteiger partial charge in [-0.25, -0.2) is 4.39 Å². The van der Waals surface area contributed by atoms with E-state index in [1.165, 1.54) is 6.07 Å². The molecule has 3 N–H and O–H groups in total. The number of nitrogens with two attached hydrogens (primary N) is 1. The van der Waals surface area contributed by atoms with E-state index in [2.05, 4.69) is 21.2 Å². The quantitative estimate of drug-likeness (QED) is 0.814. The van der Waals surface area contributed by atoms with Crippen molar-refractivity contribution in [2.24, 2.45) is 0 Å². The number of hydrogen-bond acceptors (Lipinski definition) is 2. The summed E-state index contributed by atoms with van der Waals surface area (Å²) in [7, 11) is 0. The van der Waals surface area contributed by atoms with Crippen molar-refractivity contribution in [3.05, 3.63) is 52.3 Å². The first-order valence-electron chi connectivity index (χ1n) is 5.14. The molecule has 0 aromatic heterocycles. The van der Waals surface area contributed by atoms with E-state index in [1.807, 2.05) is 13.0 Å². The summed E-state index contributed by atoms with van der Waals surface area (Å²) in [5.74, 6) is -0.294. The third kappa shape index (κ3) is 2.77. The van der Waals surface area contributed by atoms with Gasteiger partial charge >= 0.3 is 0 Å². The van der Waals surface area contributed by atoms with Crippen molar-refractivity contribution < 1.29 is 4.39 Å². The molecule has 0 heterocycles. The summed E-state index contributed by atoms with van der Waals surface area (Å²) < 4.78 is 14.4. The van der Waals surface area contributed by atoms with Crippen molar-refractivity contribution in [1.29, 1.82) is 0 Å². The van der Waals surface area contributed by atoms with Crippen LogP contribution < -0.4 is 11.1 Å². The number of rotatable bonds is 2. The standard InChI is InChI=1S/C13H12BrFN2/c1-8-2-4-10(15)13(6-8)17-12-5-3-9(14)7-11(12)16/h2-7,17H,16H2,1H3. The lowest BCUT2D eigenvalue weighted by Crippen LogP contribution is -1.98. The van der Waals surface area contributed by atoms with Gasteiger partial charge < -0.3 is 11.1 Å². The Balaban J connectivity index is 2.34. The summed E-state index contributed by atoms with van der Waals surface area (Å²) in [5, 5.41) is 2.99. The van der Waals surface area contributed by atoms with Crippen LogP contribution in [0.5, 0.6) is 0 Å². The molecule has 2 nitrogen and oxygen atoms in total. The first kappa shape index (κ1) is 11.9. The Morgan fingerprint density at radius 1 is 1.12 bits per heavy atom. The molecule has 0 aliphatic rings. The second kappa shape index (κ2) is 4.75. The summed E-state index contributed by atoms with van der Waals surface area (Å²) in [6.07, 6.45) is 0. The third-order valence-corrected chi connectivity index (χ3v) is 2.90. The Labute approximate surface area is 108 Å². The molecule has 88 valence electrons. The number of benzene rings is 2. The zero-order chi connectivity index (χ0) is 12.4. The highest BCUT2D eigenvalue weighted by molar-refractivity contribution is 9.10. The van der Waals surface area contributed by atoms with Crippen molar-refractivity contribution in [2.75, 3.05) is 11.1 Å². The summed E-state index contributed by atoms with van der Waals surface area (Å²) in [4.78, 5) is 0. The van der Waals surface area contributed by atoms with Crippen LogP contribution in [0.3, 0.4) is 0 Å². The van der Waals surface area contributed by atoms with Crippen LogP contribution in [-0.4, -0.2) is 0 Å². The van der Waals surface area contributed by atoms with Crippen LogP contribution in [0.25, 0.3) is 0 Å². The van der Waals surface area contributed by atoms with Gasteiger partial charge in [-0.3, -0.25) is 0 Å². The van der Waals surface area contributed by atoms with Gasteiger partial charge in [0.25, 0.3) is 0 Å². The Hall–Kier alpha value is -1.55. The topological polar surface area (TPSA) is 38.0 Å². The molecule has 0 atom stereocenters. The highest BCUT2D eigenvalue weighted by Gasteiger charge is 2.05. The average molecular weight is 295 g/mol. The van der Waals surface area contributed by atoms with Crippen LogP contribution in [0, 0.1) is 12.7 Å². The van der Waals surface area contributed by atoms with E-state index in [1.54, 1.807) is 24.3 Å². The molecule has 0 saturated heterocycles. The molecule has 0 saturated carbocycles. The van der Waals surface area contributed by atoms with E-state index in [4.69, 9.17) is 5.73 Å². The van der Waals surface area contributed by atoms with Crippen LogP contribution in [0.15, 0.2) is 40.9 Å². The first-order valence-corrected chi connectivity index (χ1v) is 5.94. The molecule has 2 rings (SSSR count). The van der Waals surface area contributed by atoms with Crippen LogP contribution >= 0.6 is 15.9 Å². The van der Waals surface area contributed by atoms with Gasteiger partial charge in [0.1, 0.15) is 5.82 Å². The van der Waals surface area contributed by atoms with Gasteiger partial charge in [0.2, 0.25) is 0 Å². The van der Waals surface area contributed by atoms with Gasteiger partial charge in [-0.05, 0) is 42.8 Å². The van der Waals surface area contributed by atoms with E-state index in [0.29, 0.717) is 17.1 Å². The van der Waals surface area contributed by atoms with Crippen molar-refractivity contribution in [2.45, 2.75) is 6.92 Å². The predicted molar refractivity (Wildman–Crippen MR) is 73.0 cm³/mol. The van der Waals surface area contributed by atoms with Crippen LogP contribution in [0.2, 0.25) is 0 Å². The molecule has 0 spiro atoms. The Bertz CT molecular complexity index is 555. The molecule has 0 fully saturated rings. The second-order valence-corrected chi connectivity index (χ2v) is 4.76. The fourth-order valence-electron chi connectivity index (χ4n) is 1.53. The van der Waals surface area contributed by atoms with Crippen LogP contribution in [0.1, 0.15) is 5.56 Å². The van der Waals surface area contributed by atoms with Crippen molar-refractivity contribution in [3.63, 3.8) is 0 Å². The maximum absolute atomic E-state index is 13.6. The van der Waals surface area contributed by atoms with Crippen LogP contribution in [-0.2, 0) is 0 Å². The van der Waals surface area contributed by atoms with E-state index in [-0.39, 0.29) is 5.82 Å². The molecule has 0 unspecified atom stereocenters. The lowest BCUT2D eigenvalue weighted by molar-refractivity contribution is 0.631. The minimum Gasteiger partial charge on any atom is -0.397 e. The van der Waals surface area contributed by atoms with Gasteiger partial charge in [-0.2, -0.15) is 0 Å². The number of anilines is 3. The summed E-state index contributed by atoms with van der Waals surface area (Å²) in [6.45, 7) is 1.91. The zero-order valence-corrected chi connectivity index (χ0v) is 10.9. The van der Waals surface area contributed by atoms with Gasteiger partial charge in [0, 0.05) is 4.47 Å². The van der Waals surface area contributed by atoms with E-state index < -0.39 is 0 Å². The predicted octanol–water partition coefficient (Wildman–Crippen LogP) is 4.22. The van der Waals surface area contributed by atoms with E-state index in [9.17, 15) is 4.39 Å². The lowest BCUT2D eigenvalue weighted by atomic mass is 10.2. The third-order valence-electron chi connectivity index (χ3n) is 2.40. The summed E-state index contributed by atoms with van der Waals surface area (Å²) in [5.41, 5.74) is 8.52. The molecular weight excluding hydrogens is 283 g/mol. The van der Waals surface area contributed by atoms with Gasteiger partial charge in [0.15, 0.2) is 0 Å². The van der Waals surface area contributed by atoms with Gasteiger partial charge in [-0.15, -0.1) is 0 Å². The zero-order valence-electron chi connectivity index (χ0n) is 9.30. The molecule has 2 aromatic rings. The number of aryl methyl sites for hydroxylation is 1. The number of nitrogens with one attached hydrogen (secondary N) is 1. The number of hydrogen-bond donors (Lipinski definition) is 2. The molecule has 0 aliphatic heterocycles.